The van der Waals surface area contributed by atoms with Crippen LogP contribution in [0.1, 0.15) is 27.2 Å². The number of amides is 1. The number of piperidine rings is 1. The molecule has 0 aromatic carbocycles. The highest BCUT2D eigenvalue weighted by atomic mass is 16.6. The Labute approximate surface area is 95.5 Å². The van der Waals surface area contributed by atoms with Crippen LogP contribution >= 0.6 is 0 Å². The van der Waals surface area contributed by atoms with E-state index in [9.17, 15) is 9.90 Å². The van der Waals surface area contributed by atoms with Crippen molar-refractivity contribution in [2.24, 2.45) is 5.92 Å². The molecule has 2 rings (SSSR count). The van der Waals surface area contributed by atoms with E-state index in [0.29, 0.717) is 5.92 Å². The summed E-state index contributed by atoms with van der Waals surface area (Å²) in [6, 6.07) is -0.0117. The largest absolute Gasteiger partial charge is 0.444 e. The highest BCUT2D eigenvalue weighted by Gasteiger charge is 2.48. The second kappa shape index (κ2) is 3.89. The molecule has 0 aromatic heterocycles. The molecule has 5 heteroatoms. The van der Waals surface area contributed by atoms with Gasteiger partial charge in [0, 0.05) is 6.54 Å². The standard InChI is InChI=1S/C11H20N2O3/c1-11(2,3)16-10(15)13-8-6-4-7(14)9(8)12-5-6/h6-9,12,14H,4-5H2,1-3H3,(H,13,15)/t6?,7-,8+,9?/m0/s1. The molecule has 2 aliphatic rings. The number of nitrogens with one attached hydrogen (secondary N) is 2. The van der Waals surface area contributed by atoms with E-state index in [1.807, 2.05) is 20.8 Å². The van der Waals surface area contributed by atoms with E-state index in [1.54, 1.807) is 0 Å². The van der Waals surface area contributed by atoms with Gasteiger partial charge < -0.3 is 20.5 Å². The lowest BCUT2D eigenvalue weighted by molar-refractivity contribution is 0.0492. The van der Waals surface area contributed by atoms with Crippen LogP contribution in [0.5, 0.6) is 0 Å². The predicted octanol–water partition coefficient (Wildman–Crippen LogP) is 0.232. The normalized spacial score (nSPS) is 37.5. The molecule has 4 atom stereocenters. The molecule has 92 valence electrons. The van der Waals surface area contributed by atoms with Crippen molar-refractivity contribution in [3.63, 3.8) is 0 Å². The fourth-order valence-electron chi connectivity index (χ4n) is 2.55. The number of hydrogen-bond donors (Lipinski definition) is 3. The number of alkyl carbamates (subject to hydrolysis) is 1. The predicted molar refractivity (Wildman–Crippen MR) is 59.1 cm³/mol. The van der Waals surface area contributed by atoms with Gasteiger partial charge in [0.1, 0.15) is 5.60 Å². The van der Waals surface area contributed by atoms with Crippen LogP contribution < -0.4 is 10.6 Å². The second-order valence-corrected chi connectivity index (χ2v) is 5.67. The quantitative estimate of drug-likeness (QED) is 0.601. The van der Waals surface area contributed by atoms with Crippen molar-refractivity contribution in [3.05, 3.63) is 0 Å². The third kappa shape index (κ3) is 2.30. The first-order chi connectivity index (χ1) is 7.37. The van der Waals surface area contributed by atoms with Gasteiger partial charge in [0.25, 0.3) is 0 Å². The van der Waals surface area contributed by atoms with Crippen LogP contribution in [-0.4, -0.2) is 41.5 Å². The maximum atomic E-state index is 11.6. The van der Waals surface area contributed by atoms with Gasteiger partial charge in [0.15, 0.2) is 0 Å². The van der Waals surface area contributed by atoms with Gasteiger partial charge in [0.2, 0.25) is 0 Å². The summed E-state index contributed by atoms with van der Waals surface area (Å²) < 4.78 is 5.20. The third-order valence-electron chi connectivity index (χ3n) is 3.15. The van der Waals surface area contributed by atoms with Crippen molar-refractivity contribution < 1.29 is 14.6 Å². The molecule has 0 spiro atoms. The smallest absolute Gasteiger partial charge is 0.407 e. The molecule has 5 nitrogen and oxygen atoms in total. The first-order valence-corrected chi connectivity index (χ1v) is 5.78. The van der Waals surface area contributed by atoms with Gasteiger partial charge in [-0.15, -0.1) is 0 Å². The summed E-state index contributed by atoms with van der Waals surface area (Å²) in [6.07, 6.45) is 0.0157. The van der Waals surface area contributed by atoms with E-state index < -0.39 is 11.7 Å². The van der Waals surface area contributed by atoms with Gasteiger partial charge in [-0.3, -0.25) is 0 Å². The zero-order chi connectivity index (χ0) is 11.9. The first-order valence-electron chi connectivity index (χ1n) is 5.78. The minimum absolute atomic E-state index is 0.00449. The molecule has 16 heavy (non-hydrogen) atoms. The van der Waals surface area contributed by atoms with Crippen LogP contribution in [0.4, 0.5) is 4.79 Å². The summed E-state index contributed by atoms with van der Waals surface area (Å²) in [6.45, 7) is 6.37. The highest BCUT2D eigenvalue weighted by molar-refractivity contribution is 5.68. The summed E-state index contributed by atoms with van der Waals surface area (Å²) in [5.41, 5.74) is -0.478. The van der Waals surface area contributed by atoms with E-state index in [2.05, 4.69) is 10.6 Å². The lowest BCUT2D eigenvalue weighted by Gasteiger charge is -2.23. The number of hydrogen-bond acceptors (Lipinski definition) is 4. The molecule has 2 unspecified atom stereocenters. The topological polar surface area (TPSA) is 70.6 Å². The molecule has 1 heterocycles. The van der Waals surface area contributed by atoms with Crippen LogP contribution in [0.2, 0.25) is 0 Å². The monoisotopic (exact) mass is 228 g/mol. The lowest BCUT2D eigenvalue weighted by Crippen LogP contribution is -2.47. The number of ether oxygens (including phenoxy) is 1. The molecule has 1 saturated carbocycles. The SMILES string of the molecule is CC(C)(C)OC(=O)N[C@@H]1C2CNC1[C@@H](O)C2. The molecule has 1 amide bonds. The number of carbonyl (C=O) groups is 1. The number of aliphatic hydroxyl groups excluding tert-OH is 1. The van der Waals surface area contributed by atoms with Gasteiger partial charge in [0.05, 0.1) is 18.2 Å². The van der Waals surface area contributed by atoms with Crippen molar-refractivity contribution in [2.75, 3.05) is 6.54 Å². The Morgan fingerprint density at radius 3 is 2.62 bits per heavy atom. The minimum atomic E-state index is -0.478. The van der Waals surface area contributed by atoms with E-state index >= 15 is 0 Å². The highest BCUT2D eigenvalue weighted by Crippen LogP contribution is 2.31. The summed E-state index contributed by atoms with van der Waals surface area (Å²) in [7, 11) is 0. The maximum absolute atomic E-state index is 11.6. The van der Waals surface area contributed by atoms with E-state index in [0.717, 1.165) is 13.0 Å². The molecule has 1 aliphatic carbocycles. The third-order valence-corrected chi connectivity index (χ3v) is 3.15. The average molecular weight is 228 g/mol. The molecule has 2 fully saturated rings. The van der Waals surface area contributed by atoms with Gasteiger partial charge in [-0.2, -0.15) is 0 Å². The molecule has 0 radical (unpaired) electrons. The van der Waals surface area contributed by atoms with Crippen molar-refractivity contribution in [3.8, 4) is 0 Å². The van der Waals surface area contributed by atoms with Crippen LogP contribution in [-0.2, 0) is 4.74 Å². The summed E-state index contributed by atoms with van der Waals surface area (Å²) in [5.74, 6) is 0.326. The fourth-order valence-corrected chi connectivity index (χ4v) is 2.55. The fraction of sp³-hybridized carbons (Fsp3) is 0.909. The Morgan fingerprint density at radius 1 is 1.50 bits per heavy atom. The van der Waals surface area contributed by atoms with E-state index in [1.165, 1.54) is 0 Å². The van der Waals surface area contributed by atoms with Gasteiger partial charge in [-0.25, -0.2) is 4.79 Å². The number of rotatable bonds is 1. The minimum Gasteiger partial charge on any atom is -0.444 e. The number of fused-ring (bicyclic) bond motifs is 2. The molecule has 1 aliphatic heterocycles. The van der Waals surface area contributed by atoms with E-state index in [-0.39, 0.29) is 18.2 Å². The lowest BCUT2D eigenvalue weighted by atomic mass is 10.1. The summed E-state index contributed by atoms with van der Waals surface area (Å²) in [4.78, 5) is 11.6. The van der Waals surface area contributed by atoms with Gasteiger partial charge in [-0.1, -0.05) is 0 Å². The van der Waals surface area contributed by atoms with Crippen LogP contribution in [0, 0.1) is 5.92 Å². The number of carbonyl (C=O) groups excluding carboxylic acids is 1. The van der Waals surface area contributed by atoms with Crippen LogP contribution in [0.25, 0.3) is 0 Å². The molecular formula is C11H20N2O3. The second-order valence-electron chi connectivity index (χ2n) is 5.67. The Hall–Kier alpha value is -0.810. The molecule has 0 aromatic rings. The summed E-state index contributed by atoms with van der Waals surface area (Å²) >= 11 is 0. The van der Waals surface area contributed by atoms with Crippen molar-refractivity contribution in [1.29, 1.82) is 0 Å². The molecular weight excluding hydrogens is 208 g/mol. The zero-order valence-electron chi connectivity index (χ0n) is 9.99. The zero-order valence-corrected chi connectivity index (χ0v) is 9.99. The average Bonchev–Trinajstić information content (AvgIpc) is 2.57. The Morgan fingerprint density at radius 2 is 2.19 bits per heavy atom. The maximum Gasteiger partial charge on any atom is 0.407 e. The molecule has 2 bridgehead atoms. The first kappa shape index (κ1) is 11.7. The van der Waals surface area contributed by atoms with Crippen molar-refractivity contribution >= 4 is 6.09 Å². The van der Waals surface area contributed by atoms with Crippen LogP contribution in [0.15, 0.2) is 0 Å². The Kier molecular flexibility index (Phi) is 2.84. The summed E-state index contributed by atoms with van der Waals surface area (Å²) in [5, 5.41) is 15.7. The van der Waals surface area contributed by atoms with Gasteiger partial charge in [-0.05, 0) is 33.1 Å². The van der Waals surface area contributed by atoms with Crippen molar-refractivity contribution in [2.45, 2.75) is 51.0 Å². The molecule has 3 N–H and O–H groups in total. The van der Waals surface area contributed by atoms with Gasteiger partial charge >= 0.3 is 6.09 Å². The van der Waals surface area contributed by atoms with E-state index in [4.69, 9.17) is 4.74 Å². The molecule has 1 saturated heterocycles. The Balaban J connectivity index is 1.89. The Bertz CT molecular complexity index is 287. The van der Waals surface area contributed by atoms with Crippen LogP contribution in [0.3, 0.4) is 0 Å². The van der Waals surface area contributed by atoms with Crippen molar-refractivity contribution in [1.82, 2.24) is 10.6 Å². The number of aliphatic hydroxyl groups is 1.